The highest BCUT2D eigenvalue weighted by molar-refractivity contribution is 9.10. The maximum Gasteiger partial charge on any atom is 0.249 e. The zero-order valence-corrected chi connectivity index (χ0v) is 18.9. The number of hydrazone groups is 1. The Balaban J connectivity index is 1.94. The van der Waals surface area contributed by atoms with Gasteiger partial charge < -0.3 is 14.8 Å². The van der Waals surface area contributed by atoms with Crippen molar-refractivity contribution in [2.24, 2.45) is 5.10 Å². The van der Waals surface area contributed by atoms with Gasteiger partial charge in [-0.05, 0) is 58.1 Å². The average Bonchev–Trinajstić information content (AvgIpc) is 2.72. The van der Waals surface area contributed by atoms with Gasteiger partial charge in [0.05, 0.1) is 24.4 Å². The highest BCUT2D eigenvalue weighted by Gasteiger charge is 2.12. The topological polar surface area (TPSA) is 89.0 Å². The molecule has 0 saturated carbocycles. The summed E-state index contributed by atoms with van der Waals surface area (Å²) in [4.78, 5) is 24.1. The summed E-state index contributed by atoms with van der Waals surface area (Å²) in [5.41, 5.74) is 4.78. The number of hydrogen-bond acceptors (Lipinski definition) is 5. The summed E-state index contributed by atoms with van der Waals surface area (Å²) in [5.74, 6) is 0.265. The molecule has 0 spiro atoms. The van der Waals surface area contributed by atoms with E-state index < -0.39 is 11.8 Å². The first kappa shape index (κ1) is 23.4. The molecule has 0 unspecified atom stereocenters. The molecule has 2 rings (SSSR count). The van der Waals surface area contributed by atoms with Gasteiger partial charge in [-0.25, -0.2) is 5.43 Å². The Kier molecular flexibility index (Phi) is 9.34. The van der Waals surface area contributed by atoms with E-state index in [4.69, 9.17) is 9.47 Å². The van der Waals surface area contributed by atoms with Crippen molar-refractivity contribution < 1.29 is 19.1 Å². The Morgan fingerprint density at radius 3 is 2.63 bits per heavy atom. The largest absolute Gasteiger partial charge is 0.493 e. The minimum Gasteiger partial charge on any atom is -0.493 e. The van der Waals surface area contributed by atoms with Crippen LogP contribution in [0.4, 0.5) is 5.69 Å². The van der Waals surface area contributed by atoms with E-state index in [1.165, 1.54) is 6.21 Å². The highest BCUT2D eigenvalue weighted by atomic mass is 79.9. The van der Waals surface area contributed by atoms with Crippen molar-refractivity contribution in [3.63, 3.8) is 0 Å². The van der Waals surface area contributed by atoms with E-state index in [9.17, 15) is 9.59 Å². The molecule has 8 heteroatoms. The van der Waals surface area contributed by atoms with Gasteiger partial charge in [-0.15, -0.1) is 0 Å². The first-order valence-electron chi connectivity index (χ1n) is 9.68. The van der Waals surface area contributed by atoms with Crippen LogP contribution in [0, 0.1) is 0 Å². The van der Waals surface area contributed by atoms with Crippen LogP contribution in [0.3, 0.4) is 0 Å². The number of benzene rings is 2. The molecule has 30 heavy (non-hydrogen) atoms. The first-order valence-corrected chi connectivity index (χ1v) is 10.5. The second kappa shape index (κ2) is 12.0. The lowest BCUT2D eigenvalue weighted by atomic mass is 10.1. The third kappa shape index (κ3) is 6.88. The quantitative estimate of drug-likeness (QED) is 0.304. The van der Waals surface area contributed by atoms with Crippen molar-refractivity contribution in [1.29, 1.82) is 0 Å². The molecule has 160 valence electrons. The van der Waals surface area contributed by atoms with Gasteiger partial charge in [-0.1, -0.05) is 32.0 Å². The van der Waals surface area contributed by atoms with E-state index in [0.717, 1.165) is 22.9 Å². The van der Waals surface area contributed by atoms with E-state index in [1.807, 2.05) is 38.1 Å². The molecule has 2 aromatic rings. The fourth-order valence-electron chi connectivity index (χ4n) is 2.67. The normalized spacial score (nSPS) is 10.7. The van der Waals surface area contributed by atoms with Gasteiger partial charge in [-0.2, -0.15) is 5.10 Å². The van der Waals surface area contributed by atoms with Crippen molar-refractivity contribution >= 4 is 39.6 Å². The van der Waals surface area contributed by atoms with Gasteiger partial charge in [0.2, 0.25) is 11.8 Å². The number of halogens is 1. The molecule has 2 aromatic carbocycles. The lowest BCUT2D eigenvalue weighted by molar-refractivity contribution is -0.126. The van der Waals surface area contributed by atoms with Gasteiger partial charge >= 0.3 is 0 Å². The zero-order valence-electron chi connectivity index (χ0n) is 17.3. The minimum atomic E-state index is -0.508. The van der Waals surface area contributed by atoms with E-state index >= 15 is 0 Å². The number of rotatable bonds is 10. The number of nitrogens with one attached hydrogen (secondary N) is 2. The van der Waals surface area contributed by atoms with Crippen LogP contribution in [0.25, 0.3) is 0 Å². The Morgan fingerprint density at radius 1 is 1.17 bits per heavy atom. The molecule has 7 nitrogen and oxygen atoms in total. The van der Waals surface area contributed by atoms with Gasteiger partial charge in [0, 0.05) is 5.69 Å². The number of carbonyl (C=O) groups is 2. The molecule has 0 aliphatic rings. The molecule has 0 radical (unpaired) electrons. The van der Waals surface area contributed by atoms with Crippen LogP contribution in [0.2, 0.25) is 0 Å². The summed E-state index contributed by atoms with van der Waals surface area (Å²) in [5, 5.41) is 6.68. The van der Waals surface area contributed by atoms with Gasteiger partial charge in [0.25, 0.3) is 0 Å². The van der Waals surface area contributed by atoms with E-state index in [2.05, 4.69) is 31.8 Å². The molecule has 0 atom stereocenters. The molecule has 2 amide bonds. The molecule has 0 bridgehead atoms. The second-order valence-electron chi connectivity index (χ2n) is 6.41. The van der Waals surface area contributed by atoms with E-state index in [0.29, 0.717) is 29.4 Å². The SMILES string of the molecule is CCCOc1c(Br)cc(C=NNC(=O)CC(=O)Nc2ccccc2CC)cc1OC. The minimum absolute atomic E-state index is 0.327. The number of carbonyl (C=O) groups excluding carboxylic acids is 2. The maximum absolute atomic E-state index is 12.1. The Morgan fingerprint density at radius 2 is 1.93 bits per heavy atom. The number of ether oxygens (including phenoxy) is 2. The lowest BCUT2D eigenvalue weighted by Gasteiger charge is -2.12. The Hall–Kier alpha value is -2.87. The molecule has 0 aromatic heterocycles. The zero-order chi connectivity index (χ0) is 21.9. The molecule has 2 N–H and O–H groups in total. The fraction of sp³-hybridized carbons (Fsp3) is 0.318. The summed E-state index contributed by atoms with van der Waals surface area (Å²) in [6.07, 6.45) is 2.81. The summed E-state index contributed by atoms with van der Waals surface area (Å²) in [6.45, 7) is 4.60. The molecule has 0 fully saturated rings. The molecule has 0 aliphatic heterocycles. The standard InChI is InChI=1S/C22H26BrN3O4/c1-4-10-30-22-17(23)11-15(12-19(22)29-3)14-24-26-21(28)13-20(27)25-18-9-7-6-8-16(18)5-2/h6-9,11-12,14H,4-5,10,13H2,1-3H3,(H,25,27)(H,26,28). The lowest BCUT2D eigenvalue weighted by Crippen LogP contribution is -2.25. The average molecular weight is 476 g/mol. The number of nitrogens with zero attached hydrogens (tertiary/aromatic N) is 1. The number of para-hydroxylation sites is 1. The van der Waals surface area contributed by atoms with Crippen LogP contribution in [0.15, 0.2) is 46.0 Å². The van der Waals surface area contributed by atoms with Crippen molar-refractivity contribution in [1.82, 2.24) is 5.43 Å². The van der Waals surface area contributed by atoms with Crippen molar-refractivity contribution in [3.8, 4) is 11.5 Å². The third-order valence-corrected chi connectivity index (χ3v) is 4.69. The van der Waals surface area contributed by atoms with Gasteiger partial charge in [0.15, 0.2) is 11.5 Å². The van der Waals surface area contributed by atoms with E-state index in [-0.39, 0.29) is 6.42 Å². The van der Waals surface area contributed by atoms with Crippen LogP contribution in [0.1, 0.15) is 37.8 Å². The van der Waals surface area contributed by atoms with Crippen molar-refractivity contribution in [3.05, 3.63) is 52.0 Å². The third-order valence-electron chi connectivity index (χ3n) is 4.10. The monoisotopic (exact) mass is 475 g/mol. The number of amides is 2. The molecular formula is C22H26BrN3O4. The number of anilines is 1. The maximum atomic E-state index is 12.1. The van der Waals surface area contributed by atoms with E-state index in [1.54, 1.807) is 19.2 Å². The van der Waals surface area contributed by atoms with Crippen molar-refractivity contribution in [2.45, 2.75) is 33.1 Å². The predicted octanol–water partition coefficient (Wildman–Crippen LogP) is 4.29. The van der Waals surface area contributed by atoms with Gasteiger partial charge in [0.1, 0.15) is 6.42 Å². The smallest absolute Gasteiger partial charge is 0.249 e. The molecule has 0 heterocycles. The van der Waals surface area contributed by atoms with Crippen LogP contribution in [-0.2, 0) is 16.0 Å². The first-order chi connectivity index (χ1) is 14.5. The Bertz CT molecular complexity index is 915. The van der Waals surface area contributed by atoms with Gasteiger partial charge in [-0.3, -0.25) is 9.59 Å². The number of methoxy groups -OCH3 is 1. The predicted molar refractivity (Wildman–Crippen MR) is 121 cm³/mol. The summed E-state index contributed by atoms with van der Waals surface area (Å²) in [7, 11) is 1.55. The molecule has 0 saturated heterocycles. The van der Waals surface area contributed by atoms with Crippen LogP contribution < -0.4 is 20.2 Å². The van der Waals surface area contributed by atoms with Crippen LogP contribution in [-0.4, -0.2) is 31.7 Å². The molecular weight excluding hydrogens is 450 g/mol. The highest BCUT2D eigenvalue weighted by Crippen LogP contribution is 2.36. The second-order valence-corrected chi connectivity index (χ2v) is 7.27. The summed E-state index contributed by atoms with van der Waals surface area (Å²) >= 11 is 3.46. The van der Waals surface area contributed by atoms with Crippen LogP contribution >= 0.6 is 15.9 Å². The summed E-state index contributed by atoms with van der Waals surface area (Å²) in [6, 6.07) is 11.0. The van der Waals surface area contributed by atoms with Crippen molar-refractivity contribution in [2.75, 3.05) is 19.0 Å². The molecule has 0 aliphatic carbocycles. The number of aryl methyl sites for hydroxylation is 1. The van der Waals surface area contributed by atoms with Crippen LogP contribution in [0.5, 0.6) is 11.5 Å². The summed E-state index contributed by atoms with van der Waals surface area (Å²) < 4.78 is 11.8. The Labute approximate surface area is 185 Å². The fourth-order valence-corrected chi connectivity index (χ4v) is 3.24. The number of hydrogen-bond donors (Lipinski definition) is 2.